The molecular weight excluding hydrogens is 115 g/mol. The van der Waals surface area contributed by atoms with E-state index in [0.29, 0.717) is 0 Å². The quantitative estimate of drug-likeness (QED) is 0.571. The van der Waals surface area contributed by atoms with Gasteiger partial charge in [0, 0.05) is 0 Å². The van der Waals surface area contributed by atoms with Crippen molar-refractivity contribution in [1.82, 2.24) is 0 Å². The molecule has 0 spiro atoms. The van der Waals surface area contributed by atoms with Gasteiger partial charge in [-0.25, -0.2) is 0 Å². The highest BCUT2D eigenvalue weighted by Gasteiger charge is 1.84. The Bertz CT molecular complexity index is 130. The van der Waals surface area contributed by atoms with Crippen molar-refractivity contribution in [3.8, 4) is 0 Å². The Morgan fingerprint density at radius 3 is 2.38 bits per heavy atom. The fourth-order valence-electron chi connectivity index (χ4n) is 0.777. The van der Waals surface area contributed by atoms with Crippen LogP contribution < -0.4 is 0 Å². The second-order valence-corrected chi connectivity index (χ2v) is 3.99. The van der Waals surface area contributed by atoms with Crippen LogP contribution in [0, 0.1) is 0 Å². The Hall–Kier alpha value is -0.220. The van der Waals surface area contributed by atoms with E-state index in [0.717, 1.165) is 0 Å². The first-order valence-corrected chi connectivity index (χ1v) is 4.70. The monoisotopic (exact) mass is 126 g/mol. The van der Waals surface area contributed by atoms with Crippen LogP contribution in [0.25, 0.3) is 0 Å². The zero-order valence-electron chi connectivity index (χ0n) is 5.17. The van der Waals surface area contributed by atoms with Crippen LogP contribution in [0.15, 0.2) is 23.7 Å². The zero-order chi connectivity index (χ0) is 5.82. The highest BCUT2D eigenvalue weighted by molar-refractivity contribution is 7.47. The zero-order valence-corrected chi connectivity index (χ0v) is 6.07. The van der Waals surface area contributed by atoms with E-state index in [1.165, 1.54) is 12.6 Å². The highest BCUT2D eigenvalue weighted by atomic mass is 31.1. The van der Waals surface area contributed by atoms with Gasteiger partial charge in [-0.15, -0.1) is 7.53 Å². The van der Waals surface area contributed by atoms with Crippen molar-refractivity contribution >= 4 is 7.53 Å². The SMILES string of the molecule is CCCp1cccc1. The fraction of sp³-hybridized carbons (Fsp3) is 0.429. The van der Waals surface area contributed by atoms with E-state index in [1.54, 1.807) is 0 Å². The summed E-state index contributed by atoms with van der Waals surface area (Å²) in [5.41, 5.74) is 0. The summed E-state index contributed by atoms with van der Waals surface area (Å²) >= 11 is 0. The molecule has 0 saturated carbocycles. The molecule has 1 heterocycles. The van der Waals surface area contributed by atoms with E-state index in [1.807, 2.05) is 0 Å². The lowest BCUT2D eigenvalue weighted by Crippen LogP contribution is -1.58. The van der Waals surface area contributed by atoms with Gasteiger partial charge >= 0.3 is 0 Å². The van der Waals surface area contributed by atoms with Crippen molar-refractivity contribution in [2.75, 3.05) is 0 Å². The molecule has 0 saturated heterocycles. The highest BCUT2D eigenvalue weighted by Crippen LogP contribution is 2.28. The van der Waals surface area contributed by atoms with Gasteiger partial charge in [-0.1, -0.05) is 19.1 Å². The molecule has 0 radical (unpaired) electrons. The minimum atomic E-state index is 0.194. The average Bonchev–Trinajstić information content (AvgIpc) is 2.19. The first-order chi connectivity index (χ1) is 3.93. The molecule has 44 valence electrons. The van der Waals surface area contributed by atoms with Crippen LogP contribution in [0.5, 0.6) is 0 Å². The molecule has 1 rings (SSSR count). The third-order valence-corrected chi connectivity index (χ3v) is 3.22. The van der Waals surface area contributed by atoms with Gasteiger partial charge in [-0.3, -0.25) is 0 Å². The molecule has 0 aliphatic carbocycles. The number of hydrogen-bond acceptors (Lipinski definition) is 0. The van der Waals surface area contributed by atoms with Gasteiger partial charge < -0.3 is 0 Å². The molecule has 0 aliphatic rings. The third-order valence-electron chi connectivity index (χ3n) is 1.15. The number of aryl methyl sites for hydroxylation is 1. The standard InChI is InChI=1S/C7H11P/c1-2-5-8-6-3-4-7-8/h3-4,6-7H,2,5H2,1H3. The Kier molecular flexibility index (Phi) is 2.17. The molecular formula is C7H11P. The maximum atomic E-state index is 2.32. The van der Waals surface area contributed by atoms with Crippen molar-refractivity contribution < 1.29 is 0 Å². The normalized spacial score (nSPS) is 9.62. The molecule has 0 amide bonds. The second-order valence-electron chi connectivity index (χ2n) is 1.92. The molecule has 0 fully saturated rings. The summed E-state index contributed by atoms with van der Waals surface area (Å²) in [7, 11) is 0.194. The summed E-state index contributed by atoms with van der Waals surface area (Å²) in [6, 6.07) is 4.31. The molecule has 0 N–H and O–H groups in total. The molecule has 0 aliphatic heterocycles. The van der Waals surface area contributed by atoms with Crippen LogP contribution >= 0.6 is 7.53 Å². The largest absolute Gasteiger partial charge is 0.125 e. The van der Waals surface area contributed by atoms with Crippen molar-refractivity contribution in [1.29, 1.82) is 0 Å². The molecule has 8 heavy (non-hydrogen) atoms. The van der Waals surface area contributed by atoms with Gasteiger partial charge in [0.1, 0.15) is 0 Å². The smallest absolute Gasteiger partial charge is 0.0144 e. The molecule has 0 aromatic carbocycles. The summed E-state index contributed by atoms with van der Waals surface area (Å²) in [6.07, 6.45) is 2.70. The predicted molar refractivity (Wildman–Crippen MR) is 39.4 cm³/mol. The van der Waals surface area contributed by atoms with E-state index in [4.69, 9.17) is 0 Å². The van der Waals surface area contributed by atoms with Crippen molar-refractivity contribution in [2.24, 2.45) is 0 Å². The minimum Gasteiger partial charge on any atom is -0.125 e. The van der Waals surface area contributed by atoms with E-state index in [9.17, 15) is 0 Å². The predicted octanol–water partition coefficient (Wildman–Crippen LogP) is 3.08. The van der Waals surface area contributed by atoms with Gasteiger partial charge in [0.25, 0.3) is 0 Å². The minimum absolute atomic E-state index is 0.194. The fourth-order valence-corrected chi connectivity index (χ4v) is 2.33. The molecule has 0 nitrogen and oxygen atoms in total. The van der Waals surface area contributed by atoms with E-state index >= 15 is 0 Å². The maximum Gasteiger partial charge on any atom is -0.0144 e. The van der Waals surface area contributed by atoms with Crippen molar-refractivity contribution in [3.63, 3.8) is 0 Å². The van der Waals surface area contributed by atoms with Crippen LogP contribution in [0.2, 0.25) is 0 Å². The lowest BCUT2D eigenvalue weighted by Gasteiger charge is -1.88. The maximum absolute atomic E-state index is 2.32. The van der Waals surface area contributed by atoms with Crippen LogP contribution in [-0.2, 0) is 6.16 Å². The molecule has 1 heteroatoms. The summed E-state index contributed by atoms with van der Waals surface area (Å²) in [6.45, 7) is 2.24. The Balaban J connectivity index is 2.50. The lowest BCUT2D eigenvalue weighted by molar-refractivity contribution is 1.03. The van der Waals surface area contributed by atoms with E-state index in [-0.39, 0.29) is 7.53 Å². The Morgan fingerprint density at radius 2 is 1.88 bits per heavy atom. The van der Waals surface area contributed by atoms with Crippen LogP contribution in [0.3, 0.4) is 0 Å². The summed E-state index contributed by atoms with van der Waals surface area (Å²) in [4.78, 5) is 0. The van der Waals surface area contributed by atoms with Crippen LogP contribution in [-0.4, -0.2) is 0 Å². The summed E-state index contributed by atoms with van der Waals surface area (Å²) in [5.74, 6) is 4.64. The molecule has 0 bridgehead atoms. The summed E-state index contributed by atoms with van der Waals surface area (Å²) < 4.78 is 0. The first-order valence-electron chi connectivity index (χ1n) is 3.04. The van der Waals surface area contributed by atoms with Gasteiger partial charge in [0.05, 0.1) is 0 Å². The van der Waals surface area contributed by atoms with Gasteiger partial charge in [-0.2, -0.15) is 0 Å². The topological polar surface area (TPSA) is 0 Å². The average molecular weight is 126 g/mol. The third kappa shape index (κ3) is 1.38. The number of hydrogen-bond donors (Lipinski definition) is 0. The summed E-state index contributed by atoms with van der Waals surface area (Å²) in [5, 5.41) is 0. The lowest BCUT2D eigenvalue weighted by atomic mass is 10.6. The van der Waals surface area contributed by atoms with E-state index in [2.05, 4.69) is 30.7 Å². The second kappa shape index (κ2) is 2.94. The number of rotatable bonds is 2. The van der Waals surface area contributed by atoms with Crippen LogP contribution in [0.4, 0.5) is 0 Å². The van der Waals surface area contributed by atoms with Gasteiger partial charge in [0.2, 0.25) is 0 Å². The van der Waals surface area contributed by atoms with Gasteiger partial charge in [-0.05, 0) is 24.2 Å². The first kappa shape index (κ1) is 5.91. The Labute approximate surface area is 51.6 Å². The molecule has 1 aromatic heterocycles. The van der Waals surface area contributed by atoms with E-state index < -0.39 is 0 Å². The van der Waals surface area contributed by atoms with Gasteiger partial charge in [0.15, 0.2) is 0 Å². The van der Waals surface area contributed by atoms with Crippen LogP contribution in [0.1, 0.15) is 13.3 Å². The molecule has 0 atom stereocenters. The Morgan fingerprint density at radius 1 is 1.25 bits per heavy atom. The van der Waals surface area contributed by atoms with Crippen molar-refractivity contribution in [3.05, 3.63) is 23.7 Å². The molecule has 0 unspecified atom stereocenters. The van der Waals surface area contributed by atoms with Crippen molar-refractivity contribution in [2.45, 2.75) is 19.5 Å². The molecule has 1 aromatic rings.